The van der Waals surface area contributed by atoms with E-state index in [0.29, 0.717) is 17.4 Å². The Bertz CT molecular complexity index is 804. The standard InChI is InChI=1S/C17H18F2N2S/c1-10-6-15(22-9-10)17-12(4-2-3-5-20)13-7-11(18)8-14(19)16(13)21-17/h6-9,21H,2-5,20H2,1H3. The van der Waals surface area contributed by atoms with Crippen molar-refractivity contribution in [2.45, 2.75) is 26.2 Å². The van der Waals surface area contributed by atoms with Gasteiger partial charge in [-0.1, -0.05) is 0 Å². The van der Waals surface area contributed by atoms with E-state index >= 15 is 0 Å². The summed E-state index contributed by atoms with van der Waals surface area (Å²) in [5, 5.41) is 2.69. The van der Waals surface area contributed by atoms with Crippen molar-refractivity contribution in [3.05, 3.63) is 46.3 Å². The third-order valence-electron chi connectivity index (χ3n) is 3.79. The summed E-state index contributed by atoms with van der Waals surface area (Å²) in [6.07, 6.45) is 2.55. The fraction of sp³-hybridized carbons (Fsp3) is 0.294. The minimum Gasteiger partial charge on any atom is -0.351 e. The molecule has 0 atom stereocenters. The lowest BCUT2D eigenvalue weighted by molar-refractivity contribution is 0.591. The summed E-state index contributed by atoms with van der Waals surface area (Å²) in [7, 11) is 0. The number of aryl methyl sites for hydroxylation is 2. The van der Waals surface area contributed by atoms with Crippen molar-refractivity contribution in [3.8, 4) is 10.6 Å². The number of halogens is 2. The van der Waals surface area contributed by atoms with E-state index in [4.69, 9.17) is 5.73 Å². The third-order valence-corrected chi connectivity index (χ3v) is 4.86. The van der Waals surface area contributed by atoms with Crippen molar-refractivity contribution in [2.24, 2.45) is 5.73 Å². The number of nitrogens with two attached hydrogens (primary N) is 1. The van der Waals surface area contributed by atoms with E-state index in [0.717, 1.165) is 41.5 Å². The van der Waals surface area contributed by atoms with Crippen LogP contribution >= 0.6 is 11.3 Å². The number of thiophene rings is 1. The first-order valence-electron chi connectivity index (χ1n) is 7.35. The van der Waals surface area contributed by atoms with Gasteiger partial charge in [-0.25, -0.2) is 8.78 Å². The Labute approximate surface area is 132 Å². The molecular weight excluding hydrogens is 302 g/mol. The zero-order valence-electron chi connectivity index (χ0n) is 12.4. The van der Waals surface area contributed by atoms with Gasteiger partial charge in [0.15, 0.2) is 0 Å². The van der Waals surface area contributed by atoms with E-state index < -0.39 is 11.6 Å². The average Bonchev–Trinajstić information content (AvgIpc) is 3.04. The van der Waals surface area contributed by atoms with Crippen LogP contribution in [0.2, 0.25) is 0 Å². The Morgan fingerprint density at radius 1 is 1.18 bits per heavy atom. The van der Waals surface area contributed by atoms with Crippen LogP contribution in [0.3, 0.4) is 0 Å². The number of unbranched alkanes of at least 4 members (excludes halogenated alkanes) is 1. The first kappa shape index (κ1) is 15.2. The van der Waals surface area contributed by atoms with Crippen LogP contribution in [-0.2, 0) is 6.42 Å². The zero-order valence-corrected chi connectivity index (χ0v) is 13.2. The zero-order chi connectivity index (χ0) is 15.7. The second kappa shape index (κ2) is 6.18. The highest BCUT2D eigenvalue weighted by Crippen LogP contribution is 2.36. The first-order valence-corrected chi connectivity index (χ1v) is 8.23. The largest absolute Gasteiger partial charge is 0.351 e. The number of nitrogens with one attached hydrogen (secondary N) is 1. The maximum absolute atomic E-state index is 14.1. The number of fused-ring (bicyclic) bond motifs is 1. The molecule has 0 aliphatic rings. The van der Waals surface area contributed by atoms with Crippen LogP contribution in [0.15, 0.2) is 23.6 Å². The van der Waals surface area contributed by atoms with Gasteiger partial charge in [0.05, 0.1) is 16.1 Å². The summed E-state index contributed by atoms with van der Waals surface area (Å²) in [6, 6.07) is 4.40. The minimum absolute atomic E-state index is 0.380. The monoisotopic (exact) mass is 320 g/mol. The van der Waals surface area contributed by atoms with Gasteiger partial charge >= 0.3 is 0 Å². The van der Waals surface area contributed by atoms with Gasteiger partial charge in [0, 0.05) is 11.5 Å². The molecule has 2 aromatic heterocycles. The number of rotatable bonds is 5. The smallest absolute Gasteiger partial charge is 0.150 e. The van der Waals surface area contributed by atoms with E-state index in [1.54, 1.807) is 11.3 Å². The molecule has 0 spiro atoms. The Balaban J connectivity index is 2.16. The minimum atomic E-state index is -0.547. The molecule has 0 bridgehead atoms. The highest BCUT2D eigenvalue weighted by atomic mass is 32.1. The van der Waals surface area contributed by atoms with Crippen molar-refractivity contribution in [1.82, 2.24) is 4.98 Å². The molecule has 0 amide bonds. The molecule has 2 heterocycles. The van der Waals surface area contributed by atoms with Gasteiger partial charge in [-0.05, 0) is 61.4 Å². The molecule has 0 radical (unpaired) electrons. The molecule has 3 N–H and O–H groups in total. The molecule has 2 nitrogen and oxygen atoms in total. The summed E-state index contributed by atoms with van der Waals surface area (Å²) in [5.74, 6) is -1.09. The number of H-pyrrole nitrogens is 1. The number of benzene rings is 1. The van der Waals surface area contributed by atoms with E-state index in [9.17, 15) is 8.78 Å². The van der Waals surface area contributed by atoms with Gasteiger partial charge in [-0.15, -0.1) is 11.3 Å². The predicted octanol–water partition coefficient (Wildman–Crippen LogP) is 4.76. The van der Waals surface area contributed by atoms with Crippen LogP contribution in [0.4, 0.5) is 8.78 Å². The molecule has 5 heteroatoms. The number of hydrogen-bond donors (Lipinski definition) is 2. The van der Waals surface area contributed by atoms with Crippen LogP contribution in [0.25, 0.3) is 21.5 Å². The maximum Gasteiger partial charge on any atom is 0.150 e. The molecule has 0 aliphatic carbocycles. The van der Waals surface area contributed by atoms with Crippen molar-refractivity contribution >= 4 is 22.2 Å². The molecule has 3 aromatic rings. The fourth-order valence-electron chi connectivity index (χ4n) is 2.75. The Morgan fingerprint density at radius 3 is 2.68 bits per heavy atom. The van der Waals surface area contributed by atoms with E-state index in [1.165, 1.54) is 11.6 Å². The summed E-state index contributed by atoms with van der Waals surface area (Å²) in [5.41, 5.74) is 8.97. The third kappa shape index (κ3) is 2.78. The van der Waals surface area contributed by atoms with Crippen LogP contribution < -0.4 is 5.73 Å². The predicted molar refractivity (Wildman–Crippen MR) is 88.3 cm³/mol. The molecule has 0 saturated carbocycles. The lowest BCUT2D eigenvalue weighted by Gasteiger charge is -2.03. The normalized spacial score (nSPS) is 11.5. The van der Waals surface area contributed by atoms with Crippen LogP contribution in [0.1, 0.15) is 24.0 Å². The SMILES string of the molecule is Cc1csc(-c2[nH]c3c(F)cc(F)cc3c2CCCCN)c1. The number of aromatic nitrogens is 1. The summed E-state index contributed by atoms with van der Waals surface area (Å²) >= 11 is 1.61. The molecule has 0 aliphatic heterocycles. The van der Waals surface area contributed by atoms with Crippen molar-refractivity contribution in [2.75, 3.05) is 6.54 Å². The van der Waals surface area contributed by atoms with Gasteiger partial charge in [0.25, 0.3) is 0 Å². The molecular formula is C17H18F2N2S. The van der Waals surface area contributed by atoms with E-state index in [-0.39, 0.29) is 0 Å². The molecule has 116 valence electrons. The summed E-state index contributed by atoms with van der Waals surface area (Å²) in [4.78, 5) is 4.21. The average molecular weight is 320 g/mol. The quantitative estimate of drug-likeness (QED) is 0.654. The van der Waals surface area contributed by atoms with Crippen molar-refractivity contribution < 1.29 is 8.78 Å². The summed E-state index contributed by atoms with van der Waals surface area (Å²) in [6.45, 7) is 2.65. The lowest BCUT2D eigenvalue weighted by atomic mass is 10.0. The van der Waals surface area contributed by atoms with Crippen molar-refractivity contribution in [1.29, 1.82) is 0 Å². The Morgan fingerprint density at radius 2 is 2.00 bits per heavy atom. The molecule has 0 saturated heterocycles. The topological polar surface area (TPSA) is 41.8 Å². The first-order chi connectivity index (χ1) is 10.6. The number of hydrogen-bond acceptors (Lipinski definition) is 2. The van der Waals surface area contributed by atoms with E-state index in [2.05, 4.69) is 16.4 Å². The van der Waals surface area contributed by atoms with Gasteiger partial charge in [-0.2, -0.15) is 0 Å². The van der Waals surface area contributed by atoms with E-state index in [1.807, 2.05) is 6.92 Å². The van der Waals surface area contributed by atoms with Crippen LogP contribution in [-0.4, -0.2) is 11.5 Å². The second-order valence-corrected chi connectivity index (χ2v) is 6.43. The molecule has 1 aromatic carbocycles. The molecule has 22 heavy (non-hydrogen) atoms. The Kier molecular flexibility index (Phi) is 4.27. The molecule has 0 unspecified atom stereocenters. The highest BCUT2D eigenvalue weighted by molar-refractivity contribution is 7.13. The Hall–Kier alpha value is -1.72. The van der Waals surface area contributed by atoms with Crippen LogP contribution in [0.5, 0.6) is 0 Å². The molecule has 0 fully saturated rings. The maximum atomic E-state index is 14.1. The van der Waals surface area contributed by atoms with Crippen molar-refractivity contribution in [3.63, 3.8) is 0 Å². The van der Waals surface area contributed by atoms with Gasteiger partial charge in [-0.3, -0.25) is 0 Å². The second-order valence-electron chi connectivity index (χ2n) is 5.52. The fourth-order valence-corrected chi connectivity index (χ4v) is 3.68. The lowest BCUT2D eigenvalue weighted by Crippen LogP contribution is -1.99. The highest BCUT2D eigenvalue weighted by Gasteiger charge is 2.17. The van der Waals surface area contributed by atoms with Crippen LogP contribution in [0, 0.1) is 18.6 Å². The van der Waals surface area contributed by atoms with Gasteiger partial charge in [0.1, 0.15) is 11.6 Å². The van der Waals surface area contributed by atoms with Gasteiger partial charge < -0.3 is 10.7 Å². The summed E-state index contributed by atoms with van der Waals surface area (Å²) < 4.78 is 27.7. The molecule has 3 rings (SSSR count). The van der Waals surface area contributed by atoms with Gasteiger partial charge in [0.2, 0.25) is 0 Å². The number of aromatic amines is 1.